The van der Waals surface area contributed by atoms with Gasteiger partial charge in [0.05, 0.1) is 0 Å². The highest BCUT2D eigenvalue weighted by molar-refractivity contribution is 5.33. The highest BCUT2D eigenvalue weighted by Crippen LogP contribution is 2.32. The molecule has 0 saturated carbocycles. The number of hydrogen-bond acceptors (Lipinski definition) is 0. The van der Waals surface area contributed by atoms with Gasteiger partial charge in [-0.3, -0.25) is 0 Å². The van der Waals surface area contributed by atoms with Crippen molar-refractivity contribution in [2.75, 3.05) is 0 Å². The second kappa shape index (κ2) is 3.51. The largest absolute Gasteiger partial charge is 0.203 e. The molecule has 0 aliphatic heterocycles. The first-order chi connectivity index (χ1) is 6.68. The van der Waals surface area contributed by atoms with Gasteiger partial charge in [-0.2, -0.15) is 0 Å². The summed E-state index contributed by atoms with van der Waals surface area (Å²) in [5.74, 6) is -5.25. The van der Waals surface area contributed by atoms with Crippen LogP contribution in [0.2, 0.25) is 0 Å². The molecule has 15 heavy (non-hydrogen) atoms. The van der Waals surface area contributed by atoms with Gasteiger partial charge in [0.15, 0.2) is 23.3 Å². The van der Waals surface area contributed by atoms with E-state index in [1.54, 1.807) is 0 Å². The molecule has 4 heteroatoms. The smallest absolute Gasteiger partial charge is 0.165 e. The average molecular weight is 220 g/mol. The summed E-state index contributed by atoms with van der Waals surface area (Å²) in [5.41, 5.74) is -2.16. The molecule has 0 bridgehead atoms. The second-order valence-corrected chi connectivity index (χ2v) is 4.51. The number of halogens is 4. The maximum Gasteiger partial charge on any atom is 0.165 e. The normalized spacial score (nSPS) is 12.0. The Balaban J connectivity index is 3.68. The van der Waals surface area contributed by atoms with Gasteiger partial charge in [-0.25, -0.2) is 17.6 Å². The number of benzene rings is 1. The number of rotatable bonds is 0. The molecule has 0 saturated heterocycles. The molecule has 0 atom stereocenters. The van der Waals surface area contributed by atoms with E-state index in [-0.39, 0.29) is 0 Å². The lowest BCUT2D eigenvalue weighted by Gasteiger charge is -2.21. The van der Waals surface area contributed by atoms with Crippen LogP contribution < -0.4 is 0 Å². The van der Waals surface area contributed by atoms with E-state index >= 15 is 0 Å². The summed E-state index contributed by atoms with van der Waals surface area (Å²) >= 11 is 0. The monoisotopic (exact) mass is 220 g/mol. The van der Waals surface area contributed by atoms with Gasteiger partial charge in [0, 0.05) is 11.1 Å². The quantitative estimate of drug-likeness (QED) is 0.460. The summed E-state index contributed by atoms with van der Waals surface area (Å²) in [6.45, 7) is 5.47. The molecule has 0 radical (unpaired) electrons. The zero-order valence-electron chi connectivity index (χ0n) is 9.01. The third-order valence-electron chi connectivity index (χ3n) is 2.23. The Labute approximate surface area is 85.9 Å². The highest BCUT2D eigenvalue weighted by atomic mass is 19.2. The molecule has 0 heterocycles. The van der Waals surface area contributed by atoms with E-state index in [1.165, 1.54) is 20.8 Å². The molecule has 1 aromatic rings. The van der Waals surface area contributed by atoms with Crippen LogP contribution in [0.25, 0.3) is 0 Å². The highest BCUT2D eigenvalue weighted by Gasteiger charge is 2.30. The van der Waals surface area contributed by atoms with Crippen LogP contribution in [0.3, 0.4) is 0 Å². The van der Waals surface area contributed by atoms with Crippen LogP contribution in [0, 0.1) is 30.2 Å². The Morgan fingerprint density at radius 2 is 1.07 bits per heavy atom. The molecule has 0 amide bonds. The molecular weight excluding hydrogens is 208 g/mol. The molecule has 0 N–H and O–H groups in total. The third kappa shape index (κ3) is 1.85. The molecule has 0 unspecified atom stereocenters. The van der Waals surface area contributed by atoms with Gasteiger partial charge in [0.25, 0.3) is 0 Å². The minimum atomic E-state index is -1.32. The van der Waals surface area contributed by atoms with Crippen LogP contribution in [-0.4, -0.2) is 0 Å². The van der Waals surface area contributed by atoms with Crippen LogP contribution >= 0.6 is 0 Å². The van der Waals surface area contributed by atoms with Gasteiger partial charge >= 0.3 is 0 Å². The molecule has 0 aromatic heterocycles. The summed E-state index contributed by atoms with van der Waals surface area (Å²) in [4.78, 5) is 0. The average Bonchev–Trinajstić information content (AvgIpc) is 2.09. The van der Waals surface area contributed by atoms with Crippen molar-refractivity contribution >= 4 is 0 Å². The molecule has 0 nitrogen and oxygen atoms in total. The van der Waals surface area contributed by atoms with Gasteiger partial charge in [0.2, 0.25) is 0 Å². The standard InChI is InChI=1S/C11H12F4/c1-5-7(12)9(14)6(11(2,3)4)10(15)8(5)13/h1-4H3. The lowest BCUT2D eigenvalue weighted by molar-refractivity contribution is 0.398. The maximum atomic E-state index is 13.4. The van der Waals surface area contributed by atoms with Crippen LogP contribution in [0.5, 0.6) is 0 Å². The Hall–Kier alpha value is -1.06. The van der Waals surface area contributed by atoms with Crippen LogP contribution in [-0.2, 0) is 5.41 Å². The summed E-state index contributed by atoms with van der Waals surface area (Å²) in [6, 6.07) is 0. The molecule has 1 rings (SSSR count). The van der Waals surface area contributed by atoms with E-state index in [4.69, 9.17) is 0 Å². The molecule has 0 aliphatic rings. The summed E-state index contributed by atoms with van der Waals surface area (Å²) in [7, 11) is 0. The van der Waals surface area contributed by atoms with Gasteiger partial charge in [-0.05, 0) is 12.3 Å². The van der Waals surface area contributed by atoms with Crippen LogP contribution in [0.4, 0.5) is 17.6 Å². The molecule has 0 fully saturated rings. The predicted octanol–water partition coefficient (Wildman–Crippen LogP) is 3.85. The Kier molecular flexibility index (Phi) is 2.81. The van der Waals surface area contributed by atoms with E-state index in [9.17, 15) is 17.6 Å². The zero-order chi connectivity index (χ0) is 12.0. The fraction of sp³-hybridized carbons (Fsp3) is 0.455. The van der Waals surface area contributed by atoms with Crippen molar-refractivity contribution in [3.63, 3.8) is 0 Å². The first-order valence-corrected chi connectivity index (χ1v) is 4.51. The fourth-order valence-electron chi connectivity index (χ4n) is 1.40. The molecule has 1 aromatic carbocycles. The minimum absolute atomic E-state index is 0.553. The van der Waals surface area contributed by atoms with Gasteiger partial charge in [0.1, 0.15) is 0 Å². The Bertz CT molecular complexity index is 373. The van der Waals surface area contributed by atoms with E-state index < -0.39 is 39.8 Å². The first-order valence-electron chi connectivity index (χ1n) is 4.51. The van der Waals surface area contributed by atoms with Crippen molar-refractivity contribution in [1.82, 2.24) is 0 Å². The number of hydrogen-bond donors (Lipinski definition) is 0. The third-order valence-corrected chi connectivity index (χ3v) is 2.23. The first kappa shape index (κ1) is 12.0. The van der Waals surface area contributed by atoms with E-state index in [0.29, 0.717) is 0 Å². The lowest BCUT2D eigenvalue weighted by Crippen LogP contribution is -2.19. The summed E-state index contributed by atoms with van der Waals surface area (Å²) < 4.78 is 53.2. The zero-order valence-corrected chi connectivity index (χ0v) is 9.01. The lowest BCUT2D eigenvalue weighted by atomic mass is 9.85. The van der Waals surface area contributed by atoms with Crippen LogP contribution in [0.15, 0.2) is 0 Å². The van der Waals surface area contributed by atoms with E-state index in [2.05, 4.69) is 0 Å². The van der Waals surface area contributed by atoms with Crippen molar-refractivity contribution in [2.24, 2.45) is 0 Å². The molecular formula is C11H12F4. The van der Waals surface area contributed by atoms with Crippen molar-refractivity contribution in [3.05, 3.63) is 34.4 Å². The minimum Gasteiger partial charge on any atom is -0.203 e. The Morgan fingerprint density at radius 3 is 1.33 bits per heavy atom. The fourth-order valence-corrected chi connectivity index (χ4v) is 1.40. The maximum absolute atomic E-state index is 13.4. The summed E-state index contributed by atoms with van der Waals surface area (Å²) in [5, 5.41) is 0. The van der Waals surface area contributed by atoms with Crippen molar-refractivity contribution in [3.8, 4) is 0 Å². The second-order valence-electron chi connectivity index (χ2n) is 4.51. The van der Waals surface area contributed by atoms with Crippen LogP contribution in [0.1, 0.15) is 31.9 Å². The topological polar surface area (TPSA) is 0 Å². The predicted molar refractivity (Wildman–Crippen MR) is 49.7 cm³/mol. The van der Waals surface area contributed by atoms with E-state index in [0.717, 1.165) is 6.92 Å². The molecule has 84 valence electrons. The van der Waals surface area contributed by atoms with E-state index in [1.807, 2.05) is 0 Å². The molecule has 0 aliphatic carbocycles. The van der Waals surface area contributed by atoms with Crippen molar-refractivity contribution in [2.45, 2.75) is 33.1 Å². The van der Waals surface area contributed by atoms with Crippen molar-refractivity contribution < 1.29 is 17.6 Å². The van der Waals surface area contributed by atoms with Crippen molar-refractivity contribution in [1.29, 1.82) is 0 Å². The van der Waals surface area contributed by atoms with Gasteiger partial charge in [-0.15, -0.1) is 0 Å². The molecule has 0 spiro atoms. The summed E-state index contributed by atoms with van der Waals surface area (Å²) in [6.07, 6.45) is 0. The SMILES string of the molecule is Cc1c(F)c(F)c(C(C)(C)C)c(F)c1F. The van der Waals surface area contributed by atoms with Gasteiger partial charge < -0.3 is 0 Å². The Morgan fingerprint density at radius 1 is 0.733 bits per heavy atom. The van der Waals surface area contributed by atoms with Gasteiger partial charge in [-0.1, -0.05) is 20.8 Å².